The molecule has 0 aliphatic rings. The number of halogens is 1. The summed E-state index contributed by atoms with van der Waals surface area (Å²) in [6, 6.07) is 9.52. The second-order valence-corrected chi connectivity index (χ2v) is 4.87. The standard InChI is InChI=1S/C14H14BrN3/c1-9(11-7-14(15)10(2)17-8-11)18-13-5-3-12(16)4-6-13/h3-8,18H,1,16H2,2H3. The van der Waals surface area contributed by atoms with E-state index in [1.165, 1.54) is 0 Å². The minimum absolute atomic E-state index is 0.742. The van der Waals surface area contributed by atoms with Gasteiger partial charge in [0.05, 0.1) is 5.69 Å². The van der Waals surface area contributed by atoms with Crippen LogP contribution in [0.5, 0.6) is 0 Å². The molecule has 0 radical (unpaired) electrons. The number of rotatable bonds is 3. The molecule has 1 aromatic carbocycles. The van der Waals surface area contributed by atoms with Crippen molar-refractivity contribution in [3.63, 3.8) is 0 Å². The number of nitrogens with one attached hydrogen (secondary N) is 1. The van der Waals surface area contributed by atoms with Gasteiger partial charge < -0.3 is 11.1 Å². The Morgan fingerprint density at radius 3 is 2.61 bits per heavy atom. The van der Waals surface area contributed by atoms with Crippen LogP contribution in [0.25, 0.3) is 5.70 Å². The fraction of sp³-hybridized carbons (Fsp3) is 0.0714. The Hall–Kier alpha value is -1.81. The number of hydrogen-bond acceptors (Lipinski definition) is 3. The van der Waals surface area contributed by atoms with Gasteiger partial charge in [0.15, 0.2) is 0 Å². The lowest BCUT2D eigenvalue weighted by Crippen LogP contribution is -1.99. The van der Waals surface area contributed by atoms with Crippen LogP contribution in [0.4, 0.5) is 11.4 Å². The minimum atomic E-state index is 0.742. The van der Waals surface area contributed by atoms with E-state index in [9.17, 15) is 0 Å². The van der Waals surface area contributed by atoms with E-state index >= 15 is 0 Å². The Kier molecular flexibility index (Phi) is 3.67. The number of nitrogens with zero attached hydrogens (tertiary/aromatic N) is 1. The monoisotopic (exact) mass is 303 g/mol. The largest absolute Gasteiger partial charge is 0.399 e. The van der Waals surface area contributed by atoms with Gasteiger partial charge in [0.1, 0.15) is 0 Å². The Labute approximate surface area is 115 Å². The molecule has 3 N–H and O–H groups in total. The van der Waals surface area contributed by atoms with E-state index < -0.39 is 0 Å². The maximum atomic E-state index is 5.64. The van der Waals surface area contributed by atoms with Crippen LogP contribution in [-0.4, -0.2) is 4.98 Å². The number of anilines is 2. The summed E-state index contributed by atoms with van der Waals surface area (Å²) in [4.78, 5) is 4.29. The highest BCUT2D eigenvalue weighted by Gasteiger charge is 2.03. The first-order chi connectivity index (χ1) is 8.56. The molecule has 0 saturated carbocycles. The summed E-state index contributed by atoms with van der Waals surface area (Å²) in [6.07, 6.45) is 1.80. The third-order valence-electron chi connectivity index (χ3n) is 2.58. The smallest absolute Gasteiger partial charge is 0.0514 e. The molecule has 0 aliphatic carbocycles. The minimum Gasteiger partial charge on any atom is -0.399 e. The molecule has 0 aliphatic heterocycles. The Balaban J connectivity index is 2.16. The summed E-state index contributed by atoms with van der Waals surface area (Å²) >= 11 is 3.46. The van der Waals surface area contributed by atoms with Crippen LogP contribution in [-0.2, 0) is 0 Å². The zero-order chi connectivity index (χ0) is 13.1. The number of benzene rings is 1. The first-order valence-corrected chi connectivity index (χ1v) is 6.29. The Bertz CT molecular complexity index is 576. The summed E-state index contributed by atoms with van der Waals surface area (Å²) < 4.78 is 0.972. The number of aryl methyl sites for hydroxylation is 1. The normalized spacial score (nSPS) is 10.1. The summed E-state index contributed by atoms with van der Waals surface area (Å²) in [7, 11) is 0. The van der Waals surface area contributed by atoms with Gasteiger partial charge in [0, 0.05) is 33.3 Å². The van der Waals surface area contributed by atoms with Crippen molar-refractivity contribution in [3.05, 3.63) is 58.8 Å². The third-order valence-corrected chi connectivity index (χ3v) is 3.38. The molecule has 3 nitrogen and oxygen atoms in total. The van der Waals surface area contributed by atoms with E-state index in [0.29, 0.717) is 0 Å². The van der Waals surface area contributed by atoms with Gasteiger partial charge in [-0.3, -0.25) is 4.98 Å². The van der Waals surface area contributed by atoms with Gasteiger partial charge in [-0.15, -0.1) is 0 Å². The number of nitrogens with two attached hydrogens (primary N) is 1. The van der Waals surface area contributed by atoms with Crippen molar-refractivity contribution in [2.75, 3.05) is 11.1 Å². The highest BCUT2D eigenvalue weighted by molar-refractivity contribution is 9.10. The maximum Gasteiger partial charge on any atom is 0.0514 e. The van der Waals surface area contributed by atoms with E-state index in [1.54, 1.807) is 6.20 Å². The van der Waals surface area contributed by atoms with Gasteiger partial charge in [-0.25, -0.2) is 0 Å². The molecule has 0 amide bonds. The van der Waals surface area contributed by atoms with Crippen LogP contribution in [0.2, 0.25) is 0 Å². The van der Waals surface area contributed by atoms with Crippen molar-refractivity contribution in [2.24, 2.45) is 0 Å². The first-order valence-electron chi connectivity index (χ1n) is 5.50. The average Bonchev–Trinajstić information content (AvgIpc) is 2.35. The second-order valence-electron chi connectivity index (χ2n) is 4.02. The molecular formula is C14H14BrN3. The van der Waals surface area contributed by atoms with Gasteiger partial charge >= 0.3 is 0 Å². The van der Waals surface area contributed by atoms with Crippen molar-refractivity contribution in [1.29, 1.82) is 0 Å². The van der Waals surface area contributed by atoms with Crippen LogP contribution in [0.3, 0.4) is 0 Å². The summed E-state index contributed by atoms with van der Waals surface area (Å²) in [5.41, 5.74) is 10.0. The second kappa shape index (κ2) is 5.23. The van der Waals surface area contributed by atoms with Crippen LogP contribution >= 0.6 is 15.9 Å². The molecular weight excluding hydrogens is 290 g/mol. The summed E-state index contributed by atoms with van der Waals surface area (Å²) in [5, 5.41) is 3.22. The van der Waals surface area contributed by atoms with E-state index in [2.05, 4.69) is 32.8 Å². The molecule has 18 heavy (non-hydrogen) atoms. The molecule has 0 bridgehead atoms. The average molecular weight is 304 g/mol. The zero-order valence-corrected chi connectivity index (χ0v) is 11.7. The van der Waals surface area contributed by atoms with Gasteiger partial charge in [-0.1, -0.05) is 6.58 Å². The Morgan fingerprint density at radius 2 is 2.00 bits per heavy atom. The van der Waals surface area contributed by atoms with Crippen LogP contribution < -0.4 is 11.1 Å². The van der Waals surface area contributed by atoms with Gasteiger partial charge in [0.25, 0.3) is 0 Å². The number of nitrogen functional groups attached to an aromatic ring is 1. The van der Waals surface area contributed by atoms with Crippen molar-refractivity contribution in [3.8, 4) is 0 Å². The van der Waals surface area contributed by atoms with E-state index in [1.807, 2.05) is 37.3 Å². The zero-order valence-electron chi connectivity index (χ0n) is 10.1. The summed E-state index contributed by atoms with van der Waals surface area (Å²) in [5.74, 6) is 0. The lowest BCUT2D eigenvalue weighted by Gasteiger charge is -2.10. The van der Waals surface area contributed by atoms with Crippen molar-refractivity contribution >= 4 is 33.0 Å². The van der Waals surface area contributed by atoms with Crippen molar-refractivity contribution in [2.45, 2.75) is 6.92 Å². The quantitative estimate of drug-likeness (QED) is 0.848. The predicted molar refractivity (Wildman–Crippen MR) is 80.2 cm³/mol. The fourth-order valence-corrected chi connectivity index (χ4v) is 1.83. The third kappa shape index (κ3) is 2.90. The van der Waals surface area contributed by atoms with Gasteiger partial charge in [0.2, 0.25) is 0 Å². The molecule has 0 fully saturated rings. The molecule has 1 heterocycles. The van der Waals surface area contributed by atoms with Crippen molar-refractivity contribution < 1.29 is 0 Å². The van der Waals surface area contributed by atoms with Gasteiger partial charge in [-0.05, 0) is 53.2 Å². The maximum absolute atomic E-state index is 5.64. The number of aromatic nitrogens is 1. The topological polar surface area (TPSA) is 50.9 Å². The molecule has 2 rings (SSSR count). The molecule has 1 aromatic heterocycles. The highest BCUT2D eigenvalue weighted by Crippen LogP contribution is 2.21. The molecule has 0 unspecified atom stereocenters. The van der Waals surface area contributed by atoms with Crippen LogP contribution in [0.15, 0.2) is 47.6 Å². The number of pyridine rings is 1. The van der Waals surface area contributed by atoms with Crippen LogP contribution in [0.1, 0.15) is 11.3 Å². The molecule has 4 heteroatoms. The van der Waals surface area contributed by atoms with E-state index in [-0.39, 0.29) is 0 Å². The van der Waals surface area contributed by atoms with Crippen LogP contribution in [0, 0.1) is 6.92 Å². The Morgan fingerprint density at radius 1 is 1.33 bits per heavy atom. The SMILES string of the molecule is C=C(Nc1ccc(N)cc1)c1cnc(C)c(Br)c1. The molecule has 0 saturated heterocycles. The molecule has 0 spiro atoms. The lowest BCUT2D eigenvalue weighted by molar-refractivity contribution is 1.17. The molecule has 92 valence electrons. The predicted octanol–water partition coefficient (Wildman–Crippen LogP) is 3.82. The summed E-state index contributed by atoms with van der Waals surface area (Å²) in [6.45, 7) is 5.96. The van der Waals surface area contributed by atoms with Crippen molar-refractivity contribution in [1.82, 2.24) is 4.98 Å². The first kappa shape index (κ1) is 12.6. The fourth-order valence-electron chi connectivity index (χ4n) is 1.48. The number of hydrogen-bond donors (Lipinski definition) is 2. The lowest BCUT2D eigenvalue weighted by atomic mass is 10.2. The van der Waals surface area contributed by atoms with E-state index in [4.69, 9.17) is 5.73 Å². The van der Waals surface area contributed by atoms with Gasteiger partial charge in [-0.2, -0.15) is 0 Å². The molecule has 2 aromatic rings. The molecule has 0 atom stereocenters. The van der Waals surface area contributed by atoms with E-state index in [0.717, 1.165) is 32.8 Å². The highest BCUT2D eigenvalue weighted by atomic mass is 79.9.